The molecule has 0 aliphatic heterocycles. The van der Waals surface area contributed by atoms with Crippen molar-refractivity contribution >= 4 is 23.0 Å². The summed E-state index contributed by atoms with van der Waals surface area (Å²) in [6.45, 7) is 7.23. The monoisotopic (exact) mass is 401 g/mol. The first kappa shape index (κ1) is 22.3. The molecule has 29 heavy (non-hydrogen) atoms. The molecule has 0 saturated carbocycles. The molecule has 0 radical (unpaired) electrons. The Morgan fingerprint density at radius 1 is 1.07 bits per heavy atom. The van der Waals surface area contributed by atoms with E-state index >= 15 is 0 Å². The largest absolute Gasteiger partial charge is 0.376 e. The minimum absolute atomic E-state index is 0.0241. The molecule has 0 aliphatic carbocycles. The van der Waals surface area contributed by atoms with Gasteiger partial charge in [0.1, 0.15) is 6.04 Å². The highest BCUT2D eigenvalue weighted by Gasteiger charge is 2.14. The van der Waals surface area contributed by atoms with Crippen molar-refractivity contribution in [2.75, 3.05) is 23.8 Å². The number of non-ortho nitro benzene ring substituents is 1. The number of rotatable bonds is 11. The van der Waals surface area contributed by atoms with Gasteiger partial charge < -0.3 is 20.1 Å². The predicted octanol–water partition coefficient (Wildman–Crippen LogP) is 3.98. The number of anilines is 2. The molecule has 0 aromatic heterocycles. The Bertz CT molecular complexity index is 808. The quantitative estimate of drug-likeness (QED) is 0.335. The second-order valence-corrected chi connectivity index (χ2v) is 6.83. The van der Waals surface area contributed by atoms with E-state index in [-0.39, 0.29) is 17.7 Å². The number of hydrogen-bond acceptors (Lipinski definition) is 6. The Kier molecular flexibility index (Phi) is 8.57. The number of carbonyl (C=O) groups excluding carboxylic acids is 1. The molecule has 2 rings (SSSR count). The minimum atomic E-state index is -0.499. The van der Waals surface area contributed by atoms with Crippen LogP contribution in [0, 0.1) is 10.1 Å². The van der Waals surface area contributed by atoms with Gasteiger partial charge in [0, 0.05) is 23.5 Å². The van der Waals surface area contributed by atoms with Gasteiger partial charge in [-0.3, -0.25) is 14.9 Å². The SMILES string of the molecule is CC(C)OCCOCc1cccc(NC(C)C(=O)Nc2ccc([N+](=O)[O-])cc2)c1. The summed E-state index contributed by atoms with van der Waals surface area (Å²) in [7, 11) is 0. The first-order valence-electron chi connectivity index (χ1n) is 9.45. The van der Waals surface area contributed by atoms with E-state index in [0.29, 0.717) is 25.5 Å². The van der Waals surface area contributed by atoms with Crippen molar-refractivity contribution in [1.29, 1.82) is 0 Å². The number of nitro groups is 1. The lowest BCUT2D eigenvalue weighted by molar-refractivity contribution is -0.384. The highest BCUT2D eigenvalue weighted by atomic mass is 16.6. The van der Waals surface area contributed by atoms with E-state index < -0.39 is 11.0 Å². The maximum atomic E-state index is 12.4. The van der Waals surface area contributed by atoms with E-state index in [1.165, 1.54) is 24.3 Å². The van der Waals surface area contributed by atoms with Crippen LogP contribution in [0.3, 0.4) is 0 Å². The Morgan fingerprint density at radius 2 is 1.79 bits per heavy atom. The number of ether oxygens (including phenoxy) is 2. The first-order chi connectivity index (χ1) is 13.8. The Labute approximate surface area is 170 Å². The molecular formula is C21H27N3O5. The van der Waals surface area contributed by atoms with Crippen LogP contribution in [0.2, 0.25) is 0 Å². The van der Waals surface area contributed by atoms with Gasteiger partial charge in [0.05, 0.1) is 30.8 Å². The van der Waals surface area contributed by atoms with E-state index in [0.717, 1.165) is 11.3 Å². The molecule has 0 heterocycles. The highest BCUT2D eigenvalue weighted by molar-refractivity contribution is 5.96. The lowest BCUT2D eigenvalue weighted by Gasteiger charge is -2.16. The maximum Gasteiger partial charge on any atom is 0.269 e. The molecule has 0 saturated heterocycles. The molecular weight excluding hydrogens is 374 g/mol. The fourth-order valence-electron chi connectivity index (χ4n) is 2.52. The molecule has 8 heteroatoms. The summed E-state index contributed by atoms with van der Waals surface area (Å²) >= 11 is 0. The number of amides is 1. The van der Waals surface area contributed by atoms with Crippen LogP contribution in [-0.4, -0.2) is 36.2 Å². The van der Waals surface area contributed by atoms with Crippen molar-refractivity contribution in [3.63, 3.8) is 0 Å². The van der Waals surface area contributed by atoms with Crippen LogP contribution < -0.4 is 10.6 Å². The fraction of sp³-hybridized carbons (Fsp3) is 0.381. The zero-order valence-corrected chi connectivity index (χ0v) is 16.9. The third kappa shape index (κ3) is 7.89. The van der Waals surface area contributed by atoms with Crippen molar-refractivity contribution in [3.8, 4) is 0 Å². The van der Waals surface area contributed by atoms with Crippen LogP contribution in [0.1, 0.15) is 26.3 Å². The summed E-state index contributed by atoms with van der Waals surface area (Å²) in [4.78, 5) is 22.6. The number of hydrogen-bond donors (Lipinski definition) is 2. The number of nitro benzene ring substituents is 1. The number of nitrogens with one attached hydrogen (secondary N) is 2. The van der Waals surface area contributed by atoms with E-state index in [4.69, 9.17) is 9.47 Å². The highest BCUT2D eigenvalue weighted by Crippen LogP contribution is 2.17. The summed E-state index contributed by atoms with van der Waals surface area (Å²) in [5, 5.41) is 16.6. The van der Waals surface area contributed by atoms with Crippen LogP contribution in [0.15, 0.2) is 48.5 Å². The zero-order valence-electron chi connectivity index (χ0n) is 16.9. The lowest BCUT2D eigenvalue weighted by atomic mass is 10.2. The molecule has 0 aliphatic rings. The van der Waals surface area contributed by atoms with Gasteiger partial charge in [-0.05, 0) is 50.6 Å². The molecule has 2 N–H and O–H groups in total. The Hall–Kier alpha value is -2.97. The van der Waals surface area contributed by atoms with E-state index in [9.17, 15) is 14.9 Å². The Morgan fingerprint density at radius 3 is 2.45 bits per heavy atom. The van der Waals surface area contributed by atoms with Gasteiger partial charge in [0.25, 0.3) is 5.69 Å². The summed E-state index contributed by atoms with van der Waals surface area (Å²) < 4.78 is 11.0. The second-order valence-electron chi connectivity index (χ2n) is 6.83. The van der Waals surface area contributed by atoms with Crippen molar-refractivity contribution in [1.82, 2.24) is 0 Å². The molecule has 0 fully saturated rings. The van der Waals surface area contributed by atoms with Gasteiger partial charge in [-0.15, -0.1) is 0 Å². The van der Waals surface area contributed by atoms with E-state index in [1.54, 1.807) is 6.92 Å². The summed E-state index contributed by atoms with van der Waals surface area (Å²) in [5.41, 5.74) is 2.27. The molecule has 0 bridgehead atoms. The smallest absolute Gasteiger partial charge is 0.269 e. The summed E-state index contributed by atoms with van der Waals surface area (Å²) in [6.07, 6.45) is 0.185. The van der Waals surface area contributed by atoms with Crippen molar-refractivity contribution < 1.29 is 19.2 Å². The third-order valence-corrected chi connectivity index (χ3v) is 4.00. The maximum absolute atomic E-state index is 12.4. The van der Waals surface area contributed by atoms with Gasteiger partial charge in [-0.25, -0.2) is 0 Å². The molecule has 1 atom stereocenters. The third-order valence-electron chi connectivity index (χ3n) is 4.00. The molecule has 156 valence electrons. The van der Waals surface area contributed by atoms with Crippen molar-refractivity contribution in [3.05, 3.63) is 64.2 Å². The average Bonchev–Trinajstić information content (AvgIpc) is 2.68. The lowest BCUT2D eigenvalue weighted by Crippen LogP contribution is -2.31. The first-order valence-corrected chi connectivity index (χ1v) is 9.45. The topological polar surface area (TPSA) is 103 Å². The van der Waals surface area contributed by atoms with Gasteiger partial charge in [0.15, 0.2) is 0 Å². The van der Waals surface area contributed by atoms with E-state index in [1.807, 2.05) is 38.1 Å². The minimum Gasteiger partial charge on any atom is -0.376 e. The van der Waals surface area contributed by atoms with Crippen LogP contribution in [0.4, 0.5) is 17.1 Å². The molecule has 2 aromatic carbocycles. The molecule has 0 spiro atoms. The molecule has 1 amide bonds. The van der Waals surface area contributed by atoms with Crippen LogP contribution in [0.5, 0.6) is 0 Å². The predicted molar refractivity (Wildman–Crippen MR) is 112 cm³/mol. The van der Waals surface area contributed by atoms with Crippen molar-refractivity contribution in [2.24, 2.45) is 0 Å². The van der Waals surface area contributed by atoms with E-state index in [2.05, 4.69) is 10.6 Å². The molecule has 2 aromatic rings. The average molecular weight is 401 g/mol. The standard InChI is InChI=1S/C21H27N3O5/c1-15(2)29-12-11-28-14-17-5-4-6-19(13-17)22-16(3)21(25)23-18-7-9-20(10-8-18)24(26)27/h4-10,13,15-16,22H,11-12,14H2,1-3H3,(H,23,25). The van der Waals surface area contributed by atoms with Crippen LogP contribution in [-0.2, 0) is 20.9 Å². The number of nitrogens with zero attached hydrogens (tertiary/aromatic N) is 1. The fourth-order valence-corrected chi connectivity index (χ4v) is 2.52. The Balaban J connectivity index is 1.83. The normalized spacial score (nSPS) is 11.9. The molecule has 1 unspecified atom stereocenters. The number of benzene rings is 2. The van der Waals surface area contributed by atoms with Crippen LogP contribution in [0.25, 0.3) is 0 Å². The van der Waals surface area contributed by atoms with Crippen molar-refractivity contribution in [2.45, 2.75) is 39.5 Å². The van der Waals surface area contributed by atoms with Gasteiger partial charge >= 0.3 is 0 Å². The van der Waals surface area contributed by atoms with Gasteiger partial charge in [-0.1, -0.05) is 12.1 Å². The number of carbonyl (C=O) groups is 1. The zero-order chi connectivity index (χ0) is 21.2. The van der Waals surface area contributed by atoms with Gasteiger partial charge in [-0.2, -0.15) is 0 Å². The summed E-state index contributed by atoms with van der Waals surface area (Å²) in [5.74, 6) is -0.244. The molecule has 8 nitrogen and oxygen atoms in total. The van der Waals surface area contributed by atoms with Crippen LogP contribution >= 0.6 is 0 Å². The van der Waals surface area contributed by atoms with Gasteiger partial charge in [0.2, 0.25) is 5.91 Å². The second kappa shape index (κ2) is 11.1. The summed E-state index contributed by atoms with van der Waals surface area (Å²) in [6, 6.07) is 12.9.